The first-order valence-corrected chi connectivity index (χ1v) is 7.03. The third-order valence-electron chi connectivity index (χ3n) is 2.77. The van der Waals surface area contributed by atoms with Crippen LogP contribution in [0.1, 0.15) is 11.1 Å². The first-order valence-electron chi connectivity index (χ1n) is 5.45. The maximum Gasteiger partial charge on any atom is 0.268 e. The Morgan fingerprint density at radius 2 is 1.81 bits per heavy atom. The molecule has 1 aromatic heterocycles. The fourth-order valence-corrected chi connectivity index (χ4v) is 3.09. The van der Waals surface area contributed by atoms with Gasteiger partial charge in [0.25, 0.3) is 5.56 Å². The molecule has 0 unspecified atom stereocenters. The molecule has 0 aliphatic rings. The van der Waals surface area contributed by atoms with Crippen LogP contribution in [0.4, 0.5) is 5.82 Å². The molecule has 1 aromatic carbocycles. The van der Waals surface area contributed by atoms with E-state index in [0.29, 0.717) is 8.95 Å². The van der Waals surface area contributed by atoms with Crippen molar-refractivity contribution in [2.24, 2.45) is 0 Å². The predicted molar refractivity (Wildman–Crippen MR) is 83.4 cm³/mol. The first kappa shape index (κ1) is 15.1. The van der Waals surface area contributed by atoms with Crippen molar-refractivity contribution in [3.8, 4) is 29.0 Å². The van der Waals surface area contributed by atoms with E-state index in [4.69, 9.17) is 5.73 Å². The fourth-order valence-electron chi connectivity index (χ4n) is 1.87. The molecule has 0 aliphatic heterocycles. The molecule has 21 heavy (non-hydrogen) atoms. The number of anilines is 1. The zero-order chi connectivity index (χ0) is 15.7. The molecule has 1 heterocycles. The lowest BCUT2D eigenvalue weighted by Crippen LogP contribution is -2.16. The molecule has 0 atom stereocenters. The van der Waals surface area contributed by atoms with Gasteiger partial charge in [0.1, 0.15) is 34.8 Å². The molecule has 8 heteroatoms. The molecule has 0 bridgehead atoms. The highest BCUT2D eigenvalue weighted by molar-refractivity contribution is 9.11. The van der Waals surface area contributed by atoms with Crippen molar-refractivity contribution in [1.82, 2.24) is 4.98 Å². The van der Waals surface area contributed by atoms with E-state index >= 15 is 0 Å². The van der Waals surface area contributed by atoms with E-state index in [9.17, 15) is 20.4 Å². The Balaban J connectivity index is 3.04. The standard InChI is InChI=1S/C13H6Br2N4O2/c14-5-1-6(11(20)9(15)2-5)10-7(3-16)12(18)19-13(21)8(10)4-17/h1-2,20H,(H3,18,19,21). The zero-order valence-corrected chi connectivity index (χ0v) is 13.4. The second-order valence-corrected chi connectivity index (χ2v) is 5.77. The van der Waals surface area contributed by atoms with E-state index < -0.39 is 5.56 Å². The van der Waals surface area contributed by atoms with Gasteiger partial charge in [-0.05, 0) is 28.1 Å². The number of halogens is 2. The highest BCUT2D eigenvalue weighted by Crippen LogP contribution is 2.40. The summed E-state index contributed by atoms with van der Waals surface area (Å²) in [6.07, 6.45) is 0. The van der Waals surface area contributed by atoms with Crippen molar-refractivity contribution in [2.45, 2.75) is 0 Å². The minimum Gasteiger partial charge on any atom is -0.506 e. The van der Waals surface area contributed by atoms with Gasteiger partial charge in [0.2, 0.25) is 0 Å². The third kappa shape index (κ3) is 2.51. The van der Waals surface area contributed by atoms with Gasteiger partial charge in [-0.15, -0.1) is 0 Å². The number of aromatic amines is 1. The molecule has 0 spiro atoms. The molecule has 2 aromatic rings. The summed E-state index contributed by atoms with van der Waals surface area (Å²) in [4.78, 5) is 14.1. The summed E-state index contributed by atoms with van der Waals surface area (Å²) in [7, 11) is 0. The third-order valence-corrected chi connectivity index (χ3v) is 3.83. The van der Waals surface area contributed by atoms with E-state index in [1.165, 1.54) is 6.07 Å². The van der Waals surface area contributed by atoms with E-state index in [0.717, 1.165) is 0 Å². The van der Waals surface area contributed by atoms with Crippen molar-refractivity contribution < 1.29 is 5.11 Å². The number of phenolic OH excluding ortho intramolecular Hbond substituents is 1. The van der Waals surface area contributed by atoms with Crippen LogP contribution in [0.2, 0.25) is 0 Å². The van der Waals surface area contributed by atoms with Gasteiger partial charge < -0.3 is 15.8 Å². The van der Waals surface area contributed by atoms with Crippen LogP contribution in [0.15, 0.2) is 25.9 Å². The van der Waals surface area contributed by atoms with Gasteiger partial charge in [-0.25, -0.2) is 0 Å². The minimum absolute atomic E-state index is 0.000694. The number of nitrogens with one attached hydrogen (secondary N) is 1. The monoisotopic (exact) mass is 408 g/mol. The first-order chi connectivity index (χ1) is 9.90. The normalized spacial score (nSPS) is 9.90. The van der Waals surface area contributed by atoms with Crippen LogP contribution in [0.25, 0.3) is 11.1 Å². The molecule has 0 amide bonds. The van der Waals surface area contributed by atoms with E-state index in [-0.39, 0.29) is 33.8 Å². The molecule has 2 rings (SSSR count). The van der Waals surface area contributed by atoms with Gasteiger partial charge >= 0.3 is 0 Å². The SMILES string of the molecule is N#Cc1c(N)[nH]c(=O)c(C#N)c1-c1cc(Br)cc(Br)c1O. The maximum atomic E-state index is 11.8. The van der Waals surface area contributed by atoms with Crippen molar-refractivity contribution in [3.05, 3.63) is 42.6 Å². The second kappa shape index (κ2) is 5.60. The molecule has 6 nitrogen and oxygen atoms in total. The van der Waals surface area contributed by atoms with Crippen LogP contribution >= 0.6 is 31.9 Å². The van der Waals surface area contributed by atoms with Crippen molar-refractivity contribution in [2.75, 3.05) is 5.73 Å². The number of rotatable bonds is 1. The van der Waals surface area contributed by atoms with Gasteiger partial charge in [-0.2, -0.15) is 10.5 Å². The fraction of sp³-hybridized carbons (Fsp3) is 0. The maximum absolute atomic E-state index is 11.8. The van der Waals surface area contributed by atoms with E-state index in [1.807, 2.05) is 6.07 Å². The number of benzene rings is 1. The molecular formula is C13H6Br2N4O2. The molecule has 0 radical (unpaired) electrons. The summed E-state index contributed by atoms with van der Waals surface area (Å²) in [6.45, 7) is 0. The van der Waals surface area contributed by atoms with E-state index in [2.05, 4.69) is 36.8 Å². The number of nitrogens with zero attached hydrogens (tertiary/aromatic N) is 2. The molecule has 0 aliphatic carbocycles. The van der Waals surface area contributed by atoms with Crippen LogP contribution in [0.3, 0.4) is 0 Å². The molecule has 0 saturated heterocycles. The molecule has 4 N–H and O–H groups in total. The topological polar surface area (TPSA) is 127 Å². The Bertz CT molecular complexity index is 891. The Hall–Kier alpha value is -2.29. The van der Waals surface area contributed by atoms with Crippen molar-refractivity contribution >= 4 is 37.7 Å². The van der Waals surface area contributed by atoms with Crippen LogP contribution in [-0.2, 0) is 0 Å². The molecule has 0 fully saturated rings. The quantitative estimate of drug-likeness (QED) is 0.667. The summed E-state index contributed by atoms with van der Waals surface area (Å²) >= 11 is 6.41. The number of aromatic hydroxyl groups is 1. The molecule has 0 saturated carbocycles. The van der Waals surface area contributed by atoms with Crippen LogP contribution in [0.5, 0.6) is 5.75 Å². The lowest BCUT2D eigenvalue weighted by atomic mass is 9.96. The van der Waals surface area contributed by atoms with Gasteiger partial charge in [0, 0.05) is 15.6 Å². The predicted octanol–water partition coefficient (Wildman–Crippen LogP) is 2.60. The van der Waals surface area contributed by atoms with Crippen LogP contribution in [-0.4, -0.2) is 10.1 Å². The lowest BCUT2D eigenvalue weighted by molar-refractivity contribution is 0.474. The summed E-state index contributed by atoms with van der Waals surface area (Å²) in [5.74, 6) is -0.358. The number of H-pyrrole nitrogens is 1. The average Bonchev–Trinajstić information content (AvgIpc) is 2.42. The Morgan fingerprint density at radius 3 is 2.38 bits per heavy atom. The molecule has 104 valence electrons. The van der Waals surface area contributed by atoms with Crippen molar-refractivity contribution in [1.29, 1.82) is 10.5 Å². The van der Waals surface area contributed by atoms with Gasteiger partial charge in [-0.3, -0.25) is 4.79 Å². The number of nitrogens with two attached hydrogens (primary N) is 1. The average molecular weight is 410 g/mol. The summed E-state index contributed by atoms with van der Waals surface area (Å²) in [5, 5.41) is 28.6. The Morgan fingerprint density at radius 1 is 1.19 bits per heavy atom. The smallest absolute Gasteiger partial charge is 0.268 e. The Labute approximate surface area is 135 Å². The summed E-state index contributed by atoms with van der Waals surface area (Å²) in [5.41, 5.74) is 4.69. The van der Waals surface area contributed by atoms with Crippen LogP contribution in [0, 0.1) is 22.7 Å². The second-order valence-electron chi connectivity index (χ2n) is 4.00. The Kier molecular flexibility index (Phi) is 4.03. The summed E-state index contributed by atoms with van der Waals surface area (Å²) < 4.78 is 0.937. The zero-order valence-electron chi connectivity index (χ0n) is 10.2. The number of hydrogen-bond donors (Lipinski definition) is 3. The van der Waals surface area contributed by atoms with E-state index in [1.54, 1.807) is 12.1 Å². The number of nitriles is 2. The number of nitrogen functional groups attached to an aromatic ring is 1. The molecular weight excluding hydrogens is 404 g/mol. The number of aromatic nitrogens is 1. The van der Waals surface area contributed by atoms with Crippen molar-refractivity contribution in [3.63, 3.8) is 0 Å². The van der Waals surface area contributed by atoms with Gasteiger partial charge in [-0.1, -0.05) is 15.9 Å². The summed E-state index contributed by atoms with van der Waals surface area (Å²) in [6, 6.07) is 6.67. The minimum atomic E-state index is -0.723. The highest BCUT2D eigenvalue weighted by Gasteiger charge is 2.21. The van der Waals surface area contributed by atoms with Crippen LogP contribution < -0.4 is 11.3 Å². The number of pyridine rings is 1. The van der Waals surface area contributed by atoms with Gasteiger partial charge in [0.05, 0.1) is 4.47 Å². The number of phenols is 1. The number of hydrogen-bond acceptors (Lipinski definition) is 5. The largest absolute Gasteiger partial charge is 0.506 e. The highest BCUT2D eigenvalue weighted by atomic mass is 79.9. The van der Waals surface area contributed by atoms with Gasteiger partial charge in [0.15, 0.2) is 0 Å². The lowest BCUT2D eigenvalue weighted by Gasteiger charge is -2.12.